The van der Waals surface area contributed by atoms with Crippen molar-refractivity contribution in [3.05, 3.63) is 46.7 Å². The van der Waals surface area contributed by atoms with Gasteiger partial charge in [0, 0.05) is 24.0 Å². The summed E-state index contributed by atoms with van der Waals surface area (Å²) in [7, 11) is 0. The molecule has 0 bridgehead atoms. The van der Waals surface area contributed by atoms with Crippen LogP contribution in [0.2, 0.25) is 0 Å². The summed E-state index contributed by atoms with van der Waals surface area (Å²) in [5, 5.41) is 8.21. The number of furan rings is 1. The zero-order chi connectivity index (χ0) is 17.3. The Balaban J connectivity index is 1.61. The maximum Gasteiger partial charge on any atom is 0.287 e. The highest BCUT2D eigenvalue weighted by atomic mass is 16.3. The molecular weight excluding hydrogens is 304 g/mol. The summed E-state index contributed by atoms with van der Waals surface area (Å²) in [6.45, 7) is 9.01. The van der Waals surface area contributed by atoms with E-state index in [0.717, 1.165) is 46.7 Å². The Morgan fingerprint density at radius 3 is 2.75 bits per heavy atom. The van der Waals surface area contributed by atoms with E-state index in [9.17, 15) is 4.79 Å². The number of benzene rings is 1. The van der Waals surface area contributed by atoms with E-state index >= 15 is 0 Å². The van der Waals surface area contributed by atoms with Gasteiger partial charge in [-0.15, -0.1) is 0 Å². The van der Waals surface area contributed by atoms with Crippen LogP contribution in [0.4, 0.5) is 0 Å². The largest absolute Gasteiger partial charge is 0.451 e. The predicted octanol–water partition coefficient (Wildman–Crippen LogP) is 3.08. The number of hydrogen-bond donors (Lipinski definition) is 1. The van der Waals surface area contributed by atoms with Gasteiger partial charge in [0.2, 0.25) is 0 Å². The fraction of sp³-hybridized carbons (Fsp3) is 0.389. The minimum Gasteiger partial charge on any atom is -0.451 e. The summed E-state index contributed by atoms with van der Waals surface area (Å²) < 4.78 is 7.60. The molecule has 126 valence electrons. The first-order valence-electron chi connectivity index (χ1n) is 8.11. The molecule has 24 heavy (non-hydrogen) atoms. The molecule has 0 saturated carbocycles. The standard InChI is InChI=1S/C18H22N4O2/c1-11-6-7-15-12(2)17(24-16(15)10-11)18(23)19-8-5-9-22-14(4)20-13(3)21-22/h6-7,10H,5,8-9H2,1-4H3,(H,19,23). The Labute approximate surface area is 140 Å². The van der Waals surface area contributed by atoms with Crippen molar-refractivity contribution < 1.29 is 9.21 Å². The SMILES string of the molecule is Cc1ccc2c(C)c(C(=O)NCCCn3nc(C)nc3C)oc2c1. The zero-order valence-corrected chi connectivity index (χ0v) is 14.5. The summed E-state index contributed by atoms with van der Waals surface area (Å²) >= 11 is 0. The molecule has 3 rings (SSSR count). The number of amides is 1. The number of rotatable bonds is 5. The van der Waals surface area contributed by atoms with E-state index in [1.807, 2.05) is 50.6 Å². The molecule has 1 N–H and O–H groups in total. The average molecular weight is 326 g/mol. The van der Waals surface area contributed by atoms with Crippen molar-refractivity contribution in [2.24, 2.45) is 0 Å². The first-order valence-corrected chi connectivity index (χ1v) is 8.11. The predicted molar refractivity (Wildman–Crippen MR) is 92.1 cm³/mol. The number of carbonyl (C=O) groups is 1. The molecule has 0 radical (unpaired) electrons. The van der Waals surface area contributed by atoms with E-state index in [1.165, 1.54) is 0 Å². The minimum absolute atomic E-state index is 0.173. The van der Waals surface area contributed by atoms with Crippen molar-refractivity contribution in [3.63, 3.8) is 0 Å². The second-order valence-electron chi connectivity index (χ2n) is 6.09. The number of nitrogens with zero attached hydrogens (tertiary/aromatic N) is 3. The molecule has 0 aliphatic heterocycles. The second kappa shape index (κ2) is 6.47. The molecular formula is C18H22N4O2. The van der Waals surface area contributed by atoms with Crippen molar-refractivity contribution in [1.82, 2.24) is 20.1 Å². The van der Waals surface area contributed by atoms with Crippen LogP contribution in [0, 0.1) is 27.7 Å². The molecule has 2 heterocycles. The molecule has 1 aromatic carbocycles. The van der Waals surface area contributed by atoms with E-state index in [-0.39, 0.29) is 5.91 Å². The fourth-order valence-electron chi connectivity index (χ4n) is 2.83. The van der Waals surface area contributed by atoms with Crippen LogP contribution in [0.3, 0.4) is 0 Å². The highest BCUT2D eigenvalue weighted by Gasteiger charge is 2.17. The van der Waals surface area contributed by atoms with Crippen molar-refractivity contribution in [2.45, 2.75) is 40.7 Å². The summed E-state index contributed by atoms with van der Waals surface area (Å²) in [6.07, 6.45) is 0.785. The van der Waals surface area contributed by atoms with Crippen molar-refractivity contribution in [1.29, 1.82) is 0 Å². The Bertz CT molecular complexity index is 892. The quantitative estimate of drug-likeness (QED) is 0.731. The third kappa shape index (κ3) is 3.18. The molecule has 6 heteroatoms. The van der Waals surface area contributed by atoms with E-state index in [2.05, 4.69) is 15.4 Å². The Morgan fingerprint density at radius 1 is 1.25 bits per heavy atom. The van der Waals surface area contributed by atoms with Gasteiger partial charge in [-0.1, -0.05) is 12.1 Å². The highest BCUT2D eigenvalue weighted by molar-refractivity contribution is 5.98. The molecule has 0 fully saturated rings. The van der Waals surface area contributed by atoms with Gasteiger partial charge in [-0.3, -0.25) is 9.48 Å². The van der Waals surface area contributed by atoms with Gasteiger partial charge in [0.05, 0.1) is 0 Å². The average Bonchev–Trinajstić information content (AvgIpc) is 3.02. The van der Waals surface area contributed by atoms with Crippen molar-refractivity contribution in [3.8, 4) is 0 Å². The van der Waals surface area contributed by atoms with Crippen molar-refractivity contribution in [2.75, 3.05) is 6.54 Å². The Morgan fingerprint density at radius 2 is 2.04 bits per heavy atom. The van der Waals surface area contributed by atoms with E-state index in [0.29, 0.717) is 12.3 Å². The molecule has 0 aliphatic rings. The topological polar surface area (TPSA) is 73.0 Å². The van der Waals surface area contributed by atoms with Gasteiger partial charge >= 0.3 is 0 Å². The lowest BCUT2D eigenvalue weighted by molar-refractivity contribution is 0.0926. The van der Waals surface area contributed by atoms with Crippen LogP contribution in [-0.2, 0) is 6.54 Å². The second-order valence-corrected chi connectivity index (χ2v) is 6.09. The summed E-state index contributed by atoms with van der Waals surface area (Å²) in [5.74, 6) is 1.88. The van der Waals surface area contributed by atoms with Gasteiger partial charge in [-0.05, 0) is 45.7 Å². The normalized spacial score (nSPS) is 11.2. The third-order valence-corrected chi connectivity index (χ3v) is 4.09. The molecule has 0 aliphatic carbocycles. The lowest BCUT2D eigenvalue weighted by Gasteiger charge is -2.05. The zero-order valence-electron chi connectivity index (χ0n) is 14.5. The molecule has 0 spiro atoms. The van der Waals surface area contributed by atoms with Gasteiger partial charge in [-0.25, -0.2) is 4.98 Å². The van der Waals surface area contributed by atoms with Crippen LogP contribution < -0.4 is 5.32 Å². The summed E-state index contributed by atoms with van der Waals surface area (Å²) in [6, 6.07) is 5.97. The summed E-state index contributed by atoms with van der Waals surface area (Å²) in [5.41, 5.74) is 2.75. The first-order chi connectivity index (χ1) is 11.5. The molecule has 2 aromatic heterocycles. The first kappa shape index (κ1) is 16.2. The number of fused-ring (bicyclic) bond motifs is 1. The monoisotopic (exact) mass is 326 g/mol. The van der Waals surface area contributed by atoms with Gasteiger partial charge in [0.1, 0.15) is 17.2 Å². The lowest BCUT2D eigenvalue weighted by atomic mass is 10.1. The number of carbonyl (C=O) groups excluding carboxylic acids is 1. The summed E-state index contributed by atoms with van der Waals surface area (Å²) in [4.78, 5) is 16.6. The molecule has 0 atom stereocenters. The smallest absolute Gasteiger partial charge is 0.287 e. The van der Waals surface area contributed by atoms with Gasteiger partial charge in [0.25, 0.3) is 5.91 Å². The molecule has 0 saturated heterocycles. The molecule has 0 unspecified atom stereocenters. The highest BCUT2D eigenvalue weighted by Crippen LogP contribution is 2.25. The van der Waals surface area contributed by atoms with E-state index in [4.69, 9.17) is 4.42 Å². The van der Waals surface area contributed by atoms with Crippen molar-refractivity contribution >= 4 is 16.9 Å². The molecule has 1 amide bonds. The Kier molecular flexibility index (Phi) is 4.38. The number of aromatic nitrogens is 3. The van der Waals surface area contributed by atoms with Gasteiger partial charge in [-0.2, -0.15) is 5.10 Å². The fourth-order valence-corrected chi connectivity index (χ4v) is 2.83. The maximum atomic E-state index is 12.4. The van der Waals surface area contributed by atoms with Crippen LogP contribution >= 0.6 is 0 Å². The maximum absolute atomic E-state index is 12.4. The number of hydrogen-bond acceptors (Lipinski definition) is 4. The van der Waals surface area contributed by atoms with Gasteiger partial charge in [0.15, 0.2) is 5.76 Å². The Hall–Kier alpha value is -2.63. The van der Waals surface area contributed by atoms with E-state index < -0.39 is 0 Å². The molecule has 6 nitrogen and oxygen atoms in total. The minimum atomic E-state index is -0.173. The van der Waals surface area contributed by atoms with Gasteiger partial charge < -0.3 is 9.73 Å². The van der Waals surface area contributed by atoms with Crippen LogP contribution in [0.5, 0.6) is 0 Å². The van der Waals surface area contributed by atoms with Crippen LogP contribution in [0.1, 0.15) is 39.8 Å². The number of aryl methyl sites for hydroxylation is 5. The number of nitrogens with one attached hydrogen (secondary N) is 1. The van der Waals surface area contributed by atoms with Crippen LogP contribution in [-0.4, -0.2) is 27.2 Å². The lowest BCUT2D eigenvalue weighted by Crippen LogP contribution is -2.25. The van der Waals surface area contributed by atoms with Crippen LogP contribution in [0.15, 0.2) is 22.6 Å². The van der Waals surface area contributed by atoms with Crippen LogP contribution in [0.25, 0.3) is 11.0 Å². The molecule has 3 aromatic rings. The van der Waals surface area contributed by atoms with E-state index in [1.54, 1.807) is 0 Å². The third-order valence-electron chi connectivity index (χ3n) is 4.09.